The van der Waals surface area contributed by atoms with Gasteiger partial charge in [-0.15, -0.1) is 0 Å². The van der Waals surface area contributed by atoms with Crippen molar-refractivity contribution in [2.24, 2.45) is 0 Å². The van der Waals surface area contributed by atoms with Crippen LogP contribution in [0.15, 0.2) is 54.7 Å². The quantitative estimate of drug-likeness (QED) is 0.412. The lowest BCUT2D eigenvalue weighted by Crippen LogP contribution is -2.48. The summed E-state index contributed by atoms with van der Waals surface area (Å²) in [6.07, 6.45) is 0.255. The number of hydrogen-bond acceptors (Lipinski definition) is 5. The lowest BCUT2D eigenvalue weighted by Gasteiger charge is -2.33. The number of carbonyl (C=O) groups excluding carboxylic acids is 2. The topological polar surface area (TPSA) is 103 Å². The number of hydrogen-bond donors (Lipinski definition) is 3. The Balaban J connectivity index is 1.63. The van der Waals surface area contributed by atoms with Crippen LogP contribution in [0, 0.1) is 0 Å². The van der Waals surface area contributed by atoms with Crippen LogP contribution in [0.2, 0.25) is 15.1 Å². The Morgan fingerprint density at radius 1 is 1.08 bits per heavy atom. The molecule has 2 amide bonds. The molecule has 188 valence electrons. The summed E-state index contributed by atoms with van der Waals surface area (Å²) in [7, 11) is 0. The second-order valence-electron chi connectivity index (χ2n) is 8.07. The molecule has 1 atom stereocenters. The Kier molecular flexibility index (Phi) is 7.23. The third kappa shape index (κ3) is 4.65. The Morgan fingerprint density at radius 3 is 2.39 bits per heavy atom. The van der Waals surface area contributed by atoms with Gasteiger partial charge in [-0.3, -0.25) is 9.59 Å². The average Bonchev–Trinajstić information content (AvgIpc) is 2.92. The van der Waals surface area contributed by atoms with E-state index in [0.717, 1.165) is 11.0 Å². The SMILES string of the molecule is O=C(Nc1ccc(C(=O)N2CCC(F)(F)[C@](O)(CO)c3cc(Cl)ccc32)cn1)c1c(Cl)cccc1Cl. The first-order chi connectivity index (χ1) is 17.0. The maximum Gasteiger partial charge on any atom is 0.284 e. The smallest absolute Gasteiger partial charge is 0.284 e. The van der Waals surface area contributed by atoms with Crippen LogP contribution in [0.5, 0.6) is 0 Å². The zero-order valence-corrected chi connectivity index (χ0v) is 20.6. The highest BCUT2D eigenvalue weighted by Crippen LogP contribution is 2.47. The molecule has 0 bridgehead atoms. The fraction of sp³-hybridized carbons (Fsp3) is 0.208. The number of alkyl halides is 2. The van der Waals surface area contributed by atoms with E-state index < -0.39 is 42.9 Å². The molecule has 1 aliphatic heterocycles. The highest BCUT2D eigenvalue weighted by molar-refractivity contribution is 6.40. The van der Waals surface area contributed by atoms with Crippen LogP contribution in [0.1, 0.15) is 32.7 Å². The van der Waals surface area contributed by atoms with Crippen LogP contribution in [0.3, 0.4) is 0 Å². The van der Waals surface area contributed by atoms with Gasteiger partial charge in [-0.25, -0.2) is 13.8 Å². The molecular formula is C24H18Cl3F2N3O4. The van der Waals surface area contributed by atoms with Gasteiger partial charge in [-0.2, -0.15) is 0 Å². The van der Waals surface area contributed by atoms with Crippen molar-refractivity contribution in [1.82, 2.24) is 4.98 Å². The van der Waals surface area contributed by atoms with Crippen molar-refractivity contribution < 1.29 is 28.6 Å². The number of halogens is 5. The third-order valence-electron chi connectivity index (χ3n) is 5.87. The highest BCUT2D eigenvalue weighted by Gasteiger charge is 2.56. The summed E-state index contributed by atoms with van der Waals surface area (Å²) in [5.41, 5.74) is -3.25. The molecule has 2 aromatic carbocycles. The maximum absolute atomic E-state index is 14.9. The number of carbonyl (C=O) groups is 2. The van der Waals surface area contributed by atoms with E-state index in [4.69, 9.17) is 34.8 Å². The number of rotatable bonds is 4. The summed E-state index contributed by atoms with van der Waals surface area (Å²) >= 11 is 18.1. The minimum absolute atomic E-state index is 0.0242. The second kappa shape index (κ2) is 9.91. The monoisotopic (exact) mass is 555 g/mol. The number of aromatic nitrogens is 1. The lowest BCUT2D eigenvalue weighted by atomic mass is 9.86. The molecule has 36 heavy (non-hydrogen) atoms. The molecule has 1 aromatic heterocycles. The van der Waals surface area contributed by atoms with E-state index in [0.29, 0.717) is 0 Å². The van der Waals surface area contributed by atoms with Crippen molar-refractivity contribution in [3.63, 3.8) is 0 Å². The Labute approximate surface area is 219 Å². The first kappa shape index (κ1) is 26.2. The largest absolute Gasteiger partial charge is 0.393 e. The van der Waals surface area contributed by atoms with Crippen molar-refractivity contribution in [1.29, 1.82) is 0 Å². The molecule has 3 N–H and O–H groups in total. The van der Waals surface area contributed by atoms with Gasteiger partial charge in [-0.05, 0) is 42.5 Å². The van der Waals surface area contributed by atoms with Crippen molar-refractivity contribution in [2.75, 3.05) is 23.4 Å². The molecule has 3 aromatic rings. The predicted octanol–water partition coefficient (Wildman–Crippen LogP) is 5.16. The van der Waals surface area contributed by atoms with Gasteiger partial charge >= 0.3 is 0 Å². The summed E-state index contributed by atoms with van der Waals surface area (Å²) < 4.78 is 29.7. The molecule has 7 nitrogen and oxygen atoms in total. The zero-order valence-electron chi connectivity index (χ0n) is 18.3. The van der Waals surface area contributed by atoms with Gasteiger partial charge < -0.3 is 20.4 Å². The number of aliphatic hydroxyl groups is 2. The van der Waals surface area contributed by atoms with E-state index in [9.17, 15) is 28.6 Å². The second-order valence-corrected chi connectivity index (χ2v) is 9.32. The normalized spacial score (nSPS) is 18.8. The van der Waals surface area contributed by atoms with Crippen LogP contribution in [-0.2, 0) is 5.60 Å². The molecule has 0 radical (unpaired) electrons. The summed E-state index contributed by atoms with van der Waals surface area (Å²) in [6, 6.07) is 11.1. The Bertz CT molecular complexity index is 1320. The van der Waals surface area contributed by atoms with Gasteiger partial charge in [0.25, 0.3) is 17.7 Å². The van der Waals surface area contributed by atoms with Gasteiger partial charge in [0.15, 0.2) is 5.60 Å². The van der Waals surface area contributed by atoms with Crippen LogP contribution in [0.4, 0.5) is 20.3 Å². The van der Waals surface area contributed by atoms with Gasteiger partial charge in [0.1, 0.15) is 5.82 Å². The number of aliphatic hydroxyl groups excluding tert-OH is 1. The predicted molar refractivity (Wildman–Crippen MR) is 132 cm³/mol. The number of nitrogens with zero attached hydrogens (tertiary/aromatic N) is 2. The molecule has 0 saturated carbocycles. The molecule has 0 unspecified atom stereocenters. The van der Waals surface area contributed by atoms with Gasteiger partial charge in [0, 0.05) is 29.7 Å². The Morgan fingerprint density at radius 2 is 1.78 bits per heavy atom. The highest BCUT2D eigenvalue weighted by atomic mass is 35.5. The molecular weight excluding hydrogens is 539 g/mol. The molecule has 4 rings (SSSR count). The zero-order chi connectivity index (χ0) is 26.3. The molecule has 1 aliphatic rings. The maximum atomic E-state index is 14.9. The van der Waals surface area contributed by atoms with Gasteiger partial charge in [0.05, 0.1) is 33.5 Å². The number of pyridine rings is 1. The van der Waals surface area contributed by atoms with Crippen molar-refractivity contribution >= 4 is 58.1 Å². The Hall–Kier alpha value is -2.82. The molecule has 12 heteroatoms. The van der Waals surface area contributed by atoms with E-state index in [1.165, 1.54) is 42.6 Å². The van der Waals surface area contributed by atoms with Crippen LogP contribution >= 0.6 is 34.8 Å². The van der Waals surface area contributed by atoms with E-state index in [2.05, 4.69) is 10.3 Å². The minimum Gasteiger partial charge on any atom is -0.393 e. The minimum atomic E-state index is -3.75. The van der Waals surface area contributed by atoms with E-state index >= 15 is 0 Å². The number of nitrogens with one attached hydrogen (secondary N) is 1. The van der Waals surface area contributed by atoms with E-state index in [1.54, 1.807) is 6.07 Å². The van der Waals surface area contributed by atoms with E-state index in [-0.39, 0.29) is 43.3 Å². The van der Waals surface area contributed by atoms with Crippen molar-refractivity contribution in [2.45, 2.75) is 17.9 Å². The number of anilines is 2. The fourth-order valence-electron chi connectivity index (χ4n) is 3.91. The summed E-state index contributed by atoms with van der Waals surface area (Å²) in [5.74, 6) is -4.95. The molecule has 0 fully saturated rings. The van der Waals surface area contributed by atoms with Crippen LogP contribution < -0.4 is 10.2 Å². The summed E-state index contributed by atoms with van der Waals surface area (Å²) in [5, 5.41) is 23.3. The first-order valence-electron chi connectivity index (χ1n) is 10.5. The molecule has 2 heterocycles. The number of fused-ring (bicyclic) bond motifs is 1. The van der Waals surface area contributed by atoms with Crippen molar-refractivity contribution in [3.05, 3.63) is 86.5 Å². The van der Waals surface area contributed by atoms with Crippen molar-refractivity contribution in [3.8, 4) is 0 Å². The number of amides is 2. The molecule has 0 aliphatic carbocycles. The molecule has 0 saturated heterocycles. The van der Waals surface area contributed by atoms with E-state index in [1.807, 2.05) is 0 Å². The average molecular weight is 557 g/mol. The van der Waals surface area contributed by atoms with Crippen LogP contribution in [0.25, 0.3) is 0 Å². The first-order valence-corrected chi connectivity index (χ1v) is 11.7. The molecule has 0 spiro atoms. The third-order valence-corrected chi connectivity index (χ3v) is 6.73. The van der Waals surface area contributed by atoms with Gasteiger partial charge in [-0.1, -0.05) is 40.9 Å². The number of benzene rings is 2. The lowest BCUT2D eigenvalue weighted by molar-refractivity contribution is -0.205. The summed E-state index contributed by atoms with van der Waals surface area (Å²) in [4.78, 5) is 31.0. The standard InChI is InChI=1S/C24H18Cl3F2N3O4/c25-14-5-6-18-15(10-14)23(36,12-33)24(28,29)8-9-32(18)22(35)13-4-7-19(30-11-13)31-21(34)20-16(26)2-1-3-17(20)27/h1-7,10-11,33,36H,8-9,12H2,(H,30,31,34)/t23-/m0/s1. The fourth-order valence-corrected chi connectivity index (χ4v) is 4.65. The summed E-state index contributed by atoms with van der Waals surface area (Å²) in [6.45, 7) is -1.73. The van der Waals surface area contributed by atoms with Gasteiger partial charge in [0.2, 0.25) is 0 Å². The van der Waals surface area contributed by atoms with Crippen LogP contribution in [-0.4, -0.2) is 46.1 Å².